The summed E-state index contributed by atoms with van der Waals surface area (Å²) in [5, 5.41) is 0. The van der Waals surface area contributed by atoms with Gasteiger partial charge in [0.05, 0.1) is 6.10 Å². The molecule has 0 saturated heterocycles. The lowest BCUT2D eigenvalue weighted by atomic mass is 9.89. The van der Waals surface area contributed by atoms with Gasteiger partial charge in [-0.1, -0.05) is 19.1 Å². The fraction of sp³-hybridized carbons (Fsp3) is 0.533. The molecule has 0 amide bonds. The van der Waals surface area contributed by atoms with Crippen LogP contribution in [0.15, 0.2) is 18.2 Å². The molecule has 0 aromatic heterocycles. The predicted octanol–water partition coefficient (Wildman–Crippen LogP) is 3.77. The highest BCUT2D eigenvalue weighted by atomic mass is 16.5. The van der Waals surface area contributed by atoms with E-state index in [1.807, 2.05) is 25.1 Å². The number of aldehydes is 1. The third-order valence-corrected chi connectivity index (χ3v) is 3.60. The van der Waals surface area contributed by atoms with E-state index < -0.39 is 0 Å². The first-order valence-electron chi connectivity index (χ1n) is 6.41. The van der Waals surface area contributed by atoms with Gasteiger partial charge in [0, 0.05) is 5.56 Å². The Labute approximate surface area is 103 Å². The first-order valence-corrected chi connectivity index (χ1v) is 6.41. The van der Waals surface area contributed by atoms with Crippen LogP contribution in [0.4, 0.5) is 0 Å². The van der Waals surface area contributed by atoms with Crippen molar-refractivity contribution in [3.05, 3.63) is 29.3 Å². The van der Waals surface area contributed by atoms with Crippen molar-refractivity contribution >= 4 is 6.29 Å². The van der Waals surface area contributed by atoms with Gasteiger partial charge in [0.2, 0.25) is 0 Å². The summed E-state index contributed by atoms with van der Waals surface area (Å²) in [7, 11) is 0. The maximum absolute atomic E-state index is 10.7. The standard InChI is InChI=1S/C15H20O2/c1-11-3-7-14(8-4-11)17-15-9-13(10-16)6-5-12(15)2/h5-6,9-11,14H,3-4,7-8H2,1-2H3. The van der Waals surface area contributed by atoms with Gasteiger partial charge in [-0.3, -0.25) is 4.79 Å². The minimum absolute atomic E-state index is 0.326. The molecule has 1 fully saturated rings. The van der Waals surface area contributed by atoms with E-state index >= 15 is 0 Å². The van der Waals surface area contributed by atoms with Crippen LogP contribution in [-0.2, 0) is 0 Å². The first kappa shape index (κ1) is 12.2. The number of benzene rings is 1. The maximum atomic E-state index is 10.7. The van der Waals surface area contributed by atoms with Gasteiger partial charge in [-0.25, -0.2) is 0 Å². The van der Waals surface area contributed by atoms with Crippen molar-refractivity contribution in [1.29, 1.82) is 0 Å². The van der Waals surface area contributed by atoms with Gasteiger partial charge in [-0.15, -0.1) is 0 Å². The zero-order valence-electron chi connectivity index (χ0n) is 10.6. The topological polar surface area (TPSA) is 26.3 Å². The molecule has 2 heteroatoms. The molecule has 1 aliphatic rings. The van der Waals surface area contributed by atoms with Gasteiger partial charge in [0.15, 0.2) is 0 Å². The molecule has 0 unspecified atom stereocenters. The average molecular weight is 232 g/mol. The molecule has 0 aliphatic heterocycles. The summed E-state index contributed by atoms with van der Waals surface area (Å²) in [6, 6.07) is 5.63. The molecule has 0 N–H and O–H groups in total. The molecule has 0 radical (unpaired) electrons. The van der Waals surface area contributed by atoms with Crippen LogP contribution in [0.5, 0.6) is 5.75 Å². The van der Waals surface area contributed by atoms with Crippen molar-refractivity contribution in [3.63, 3.8) is 0 Å². The summed E-state index contributed by atoms with van der Waals surface area (Å²) in [6.45, 7) is 4.32. The predicted molar refractivity (Wildman–Crippen MR) is 68.6 cm³/mol. The van der Waals surface area contributed by atoms with E-state index in [2.05, 4.69) is 6.92 Å². The number of ether oxygens (including phenoxy) is 1. The van der Waals surface area contributed by atoms with E-state index in [0.717, 1.165) is 36.4 Å². The van der Waals surface area contributed by atoms with Gasteiger partial charge in [0.25, 0.3) is 0 Å². The van der Waals surface area contributed by atoms with Crippen molar-refractivity contribution < 1.29 is 9.53 Å². The van der Waals surface area contributed by atoms with Crippen molar-refractivity contribution in [2.45, 2.75) is 45.6 Å². The summed E-state index contributed by atoms with van der Waals surface area (Å²) in [6.07, 6.45) is 5.95. The molecule has 0 atom stereocenters. The van der Waals surface area contributed by atoms with Gasteiger partial charge < -0.3 is 4.74 Å². The fourth-order valence-corrected chi connectivity index (χ4v) is 2.34. The van der Waals surface area contributed by atoms with E-state index in [0.29, 0.717) is 11.7 Å². The lowest BCUT2D eigenvalue weighted by Gasteiger charge is -2.27. The Hall–Kier alpha value is -1.31. The van der Waals surface area contributed by atoms with E-state index in [1.165, 1.54) is 12.8 Å². The van der Waals surface area contributed by atoms with Crippen LogP contribution >= 0.6 is 0 Å². The monoisotopic (exact) mass is 232 g/mol. The average Bonchev–Trinajstić information content (AvgIpc) is 2.35. The Bertz CT molecular complexity index is 390. The summed E-state index contributed by atoms with van der Waals surface area (Å²) in [5.41, 5.74) is 1.80. The number of hydrogen-bond acceptors (Lipinski definition) is 2. The van der Waals surface area contributed by atoms with E-state index in [-0.39, 0.29) is 0 Å². The summed E-state index contributed by atoms with van der Waals surface area (Å²) in [4.78, 5) is 10.7. The zero-order chi connectivity index (χ0) is 12.3. The van der Waals surface area contributed by atoms with Gasteiger partial charge in [-0.2, -0.15) is 0 Å². The third-order valence-electron chi connectivity index (χ3n) is 3.60. The van der Waals surface area contributed by atoms with Crippen LogP contribution in [0.1, 0.15) is 48.5 Å². The summed E-state index contributed by atoms with van der Waals surface area (Å²) < 4.78 is 6.02. The molecule has 1 aromatic rings. The molecule has 1 saturated carbocycles. The Morgan fingerprint density at radius 1 is 1.24 bits per heavy atom. The fourth-order valence-electron chi connectivity index (χ4n) is 2.34. The van der Waals surface area contributed by atoms with E-state index in [9.17, 15) is 4.79 Å². The Balaban J connectivity index is 2.05. The SMILES string of the molecule is Cc1ccc(C=O)cc1OC1CCC(C)CC1. The Kier molecular flexibility index (Phi) is 3.82. The lowest BCUT2D eigenvalue weighted by molar-refractivity contribution is 0.112. The van der Waals surface area contributed by atoms with Crippen LogP contribution in [0.2, 0.25) is 0 Å². The molecule has 0 spiro atoms. The quantitative estimate of drug-likeness (QED) is 0.742. The second-order valence-electron chi connectivity index (χ2n) is 5.14. The van der Waals surface area contributed by atoms with Crippen molar-refractivity contribution in [2.75, 3.05) is 0 Å². The molecule has 1 aromatic carbocycles. The molecule has 92 valence electrons. The second kappa shape index (κ2) is 5.35. The number of aryl methyl sites for hydroxylation is 1. The molecular weight excluding hydrogens is 212 g/mol. The van der Waals surface area contributed by atoms with Crippen LogP contribution in [0.3, 0.4) is 0 Å². The van der Waals surface area contributed by atoms with Crippen molar-refractivity contribution in [3.8, 4) is 5.75 Å². The highest BCUT2D eigenvalue weighted by molar-refractivity contribution is 5.75. The molecule has 17 heavy (non-hydrogen) atoms. The minimum Gasteiger partial charge on any atom is -0.490 e. The molecule has 0 heterocycles. The second-order valence-corrected chi connectivity index (χ2v) is 5.14. The van der Waals surface area contributed by atoms with Crippen molar-refractivity contribution in [2.24, 2.45) is 5.92 Å². The highest BCUT2D eigenvalue weighted by Gasteiger charge is 2.20. The summed E-state index contributed by atoms with van der Waals surface area (Å²) >= 11 is 0. The first-order chi connectivity index (χ1) is 8.19. The number of hydrogen-bond donors (Lipinski definition) is 0. The molecule has 0 bridgehead atoms. The van der Waals surface area contributed by atoms with Gasteiger partial charge >= 0.3 is 0 Å². The van der Waals surface area contributed by atoms with Crippen LogP contribution in [-0.4, -0.2) is 12.4 Å². The van der Waals surface area contributed by atoms with Gasteiger partial charge in [0.1, 0.15) is 12.0 Å². The number of rotatable bonds is 3. The normalized spacial score (nSPS) is 24.4. The van der Waals surface area contributed by atoms with Gasteiger partial charge in [-0.05, 0) is 50.2 Å². The van der Waals surface area contributed by atoms with Crippen molar-refractivity contribution in [1.82, 2.24) is 0 Å². The van der Waals surface area contributed by atoms with E-state index in [4.69, 9.17) is 4.74 Å². The maximum Gasteiger partial charge on any atom is 0.150 e. The summed E-state index contributed by atoms with van der Waals surface area (Å²) in [5.74, 6) is 1.70. The minimum atomic E-state index is 0.326. The molecule has 2 nitrogen and oxygen atoms in total. The Morgan fingerprint density at radius 3 is 2.59 bits per heavy atom. The molecular formula is C15H20O2. The molecule has 2 rings (SSSR count). The molecule has 1 aliphatic carbocycles. The lowest BCUT2D eigenvalue weighted by Crippen LogP contribution is -2.23. The third kappa shape index (κ3) is 3.09. The zero-order valence-corrected chi connectivity index (χ0v) is 10.6. The Morgan fingerprint density at radius 2 is 1.94 bits per heavy atom. The van der Waals surface area contributed by atoms with E-state index in [1.54, 1.807) is 0 Å². The number of carbonyl (C=O) groups excluding carboxylic acids is 1. The number of carbonyl (C=O) groups is 1. The smallest absolute Gasteiger partial charge is 0.150 e. The largest absolute Gasteiger partial charge is 0.490 e. The highest BCUT2D eigenvalue weighted by Crippen LogP contribution is 2.28. The van der Waals surface area contributed by atoms with Crippen LogP contribution < -0.4 is 4.74 Å². The van der Waals surface area contributed by atoms with Crippen LogP contribution in [0.25, 0.3) is 0 Å². The van der Waals surface area contributed by atoms with Crippen LogP contribution in [0, 0.1) is 12.8 Å².